The summed E-state index contributed by atoms with van der Waals surface area (Å²) in [6.45, 7) is 18.8. The van der Waals surface area contributed by atoms with Gasteiger partial charge in [0.2, 0.25) is 0 Å². The van der Waals surface area contributed by atoms with Crippen molar-refractivity contribution in [1.82, 2.24) is 10.2 Å². The quantitative estimate of drug-likeness (QED) is 0.720. The van der Waals surface area contributed by atoms with E-state index in [-0.39, 0.29) is 5.54 Å². The van der Waals surface area contributed by atoms with Gasteiger partial charge in [-0.05, 0) is 32.1 Å². The molecule has 0 aromatic rings. The molecule has 1 fully saturated rings. The van der Waals surface area contributed by atoms with E-state index in [1.165, 1.54) is 6.42 Å². The van der Waals surface area contributed by atoms with Crippen molar-refractivity contribution < 1.29 is 4.74 Å². The van der Waals surface area contributed by atoms with Gasteiger partial charge in [-0.1, -0.05) is 27.7 Å². The van der Waals surface area contributed by atoms with Gasteiger partial charge >= 0.3 is 0 Å². The Morgan fingerprint density at radius 2 is 1.89 bits per heavy atom. The molecule has 3 nitrogen and oxygen atoms in total. The molecule has 1 unspecified atom stereocenters. The molecular weight excluding hydrogens is 236 g/mol. The molecule has 0 aliphatic carbocycles. The smallest absolute Gasteiger partial charge is 0.0593 e. The van der Waals surface area contributed by atoms with Gasteiger partial charge in [0.25, 0.3) is 0 Å². The molecule has 1 atom stereocenters. The summed E-state index contributed by atoms with van der Waals surface area (Å²) >= 11 is 0. The summed E-state index contributed by atoms with van der Waals surface area (Å²) in [7, 11) is 0. The van der Waals surface area contributed by atoms with E-state index >= 15 is 0 Å². The number of piperazine rings is 1. The number of hydrogen-bond donors (Lipinski definition) is 1. The lowest BCUT2D eigenvalue weighted by Gasteiger charge is -2.47. The molecule has 19 heavy (non-hydrogen) atoms. The molecule has 0 amide bonds. The van der Waals surface area contributed by atoms with E-state index in [0.29, 0.717) is 12.0 Å². The van der Waals surface area contributed by atoms with Crippen molar-refractivity contribution in [3.05, 3.63) is 0 Å². The van der Waals surface area contributed by atoms with Crippen molar-refractivity contribution >= 4 is 0 Å². The van der Waals surface area contributed by atoms with Crippen molar-refractivity contribution in [2.24, 2.45) is 11.8 Å². The molecule has 1 aliphatic heterocycles. The summed E-state index contributed by atoms with van der Waals surface area (Å²) in [4.78, 5) is 2.59. The third kappa shape index (κ3) is 5.80. The Balaban J connectivity index is 2.32. The summed E-state index contributed by atoms with van der Waals surface area (Å²) in [6, 6.07) is 0.615. The Morgan fingerprint density at radius 1 is 1.21 bits per heavy atom. The van der Waals surface area contributed by atoms with Gasteiger partial charge in [0.05, 0.1) is 6.61 Å². The van der Waals surface area contributed by atoms with Gasteiger partial charge in [0.15, 0.2) is 0 Å². The minimum atomic E-state index is 0.243. The Hall–Kier alpha value is -0.120. The molecule has 0 bridgehead atoms. The second-order valence-corrected chi connectivity index (χ2v) is 7.28. The first kappa shape index (κ1) is 16.9. The Bertz CT molecular complexity index is 251. The van der Waals surface area contributed by atoms with Gasteiger partial charge in [-0.15, -0.1) is 0 Å². The van der Waals surface area contributed by atoms with Crippen molar-refractivity contribution in [3.63, 3.8) is 0 Å². The van der Waals surface area contributed by atoms with Crippen molar-refractivity contribution in [3.8, 4) is 0 Å². The highest BCUT2D eigenvalue weighted by atomic mass is 16.5. The van der Waals surface area contributed by atoms with Crippen LogP contribution in [-0.2, 0) is 4.74 Å². The fourth-order valence-electron chi connectivity index (χ4n) is 2.48. The standard InChI is InChI=1S/C16H34N2O/c1-13(2)7-9-19-10-8-18-11-15(14(3)4)17-12-16(18,5)6/h13-15,17H,7-12H2,1-6H3. The fraction of sp³-hybridized carbons (Fsp3) is 1.00. The summed E-state index contributed by atoms with van der Waals surface area (Å²) in [5.41, 5.74) is 0.243. The van der Waals surface area contributed by atoms with E-state index in [1.807, 2.05) is 0 Å². The Kier molecular flexibility index (Phi) is 6.78. The first-order valence-corrected chi connectivity index (χ1v) is 7.89. The van der Waals surface area contributed by atoms with Crippen LogP contribution in [0.15, 0.2) is 0 Å². The second-order valence-electron chi connectivity index (χ2n) is 7.28. The largest absolute Gasteiger partial charge is 0.380 e. The molecule has 3 heteroatoms. The molecular formula is C16H34N2O. The van der Waals surface area contributed by atoms with E-state index in [4.69, 9.17) is 4.74 Å². The molecule has 0 spiro atoms. The van der Waals surface area contributed by atoms with Crippen LogP contribution in [0.4, 0.5) is 0 Å². The molecule has 1 rings (SSSR count). The number of ether oxygens (including phenoxy) is 1. The van der Waals surface area contributed by atoms with E-state index in [9.17, 15) is 0 Å². The van der Waals surface area contributed by atoms with Crippen molar-refractivity contribution in [1.29, 1.82) is 0 Å². The third-order valence-electron chi connectivity index (χ3n) is 4.22. The predicted molar refractivity (Wildman–Crippen MR) is 82.6 cm³/mol. The molecule has 0 aromatic carbocycles. The van der Waals surface area contributed by atoms with Crippen LogP contribution in [0.25, 0.3) is 0 Å². The topological polar surface area (TPSA) is 24.5 Å². The minimum Gasteiger partial charge on any atom is -0.380 e. The predicted octanol–water partition coefficient (Wildman–Crippen LogP) is 2.76. The SMILES string of the molecule is CC(C)CCOCCN1CC(C(C)C)NCC1(C)C. The summed E-state index contributed by atoms with van der Waals surface area (Å²) in [5.74, 6) is 1.43. The van der Waals surface area contributed by atoms with Gasteiger partial charge in [-0.3, -0.25) is 4.90 Å². The zero-order valence-corrected chi connectivity index (χ0v) is 13.8. The normalized spacial score (nSPS) is 24.3. The molecule has 0 saturated carbocycles. The average Bonchev–Trinajstić information content (AvgIpc) is 2.29. The first-order valence-electron chi connectivity index (χ1n) is 7.89. The number of nitrogens with one attached hydrogen (secondary N) is 1. The Morgan fingerprint density at radius 3 is 2.47 bits per heavy atom. The van der Waals surface area contributed by atoms with Gasteiger partial charge < -0.3 is 10.1 Å². The lowest BCUT2D eigenvalue weighted by molar-refractivity contribution is 0.0199. The van der Waals surface area contributed by atoms with Gasteiger partial charge in [0, 0.05) is 37.8 Å². The molecule has 0 aromatic heterocycles. The maximum atomic E-state index is 5.77. The van der Waals surface area contributed by atoms with Crippen LogP contribution < -0.4 is 5.32 Å². The highest BCUT2D eigenvalue weighted by Gasteiger charge is 2.34. The maximum Gasteiger partial charge on any atom is 0.0593 e. The summed E-state index contributed by atoms with van der Waals surface area (Å²) in [6.07, 6.45) is 1.17. The monoisotopic (exact) mass is 270 g/mol. The average molecular weight is 270 g/mol. The molecule has 114 valence electrons. The van der Waals surface area contributed by atoms with Crippen LogP contribution in [0, 0.1) is 11.8 Å². The number of hydrogen-bond acceptors (Lipinski definition) is 3. The number of nitrogens with zero attached hydrogens (tertiary/aromatic N) is 1. The Labute approximate surface area is 120 Å². The molecule has 1 heterocycles. The second kappa shape index (κ2) is 7.61. The molecule has 1 aliphatic rings. The van der Waals surface area contributed by atoms with E-state index in [1.54, 1.807) is 0 Å². The van der Waals surface area contributed by atoms with Crippen molar-refractivity contribution in [2.45, 2.75) is 59.5 Å². The minimum absolute atomic E-state index is 0.243. The fourth-order valence-corrected chi connectivity index (χ4v) is 2.48. The van der Waals surface area contributed by atoms with Crippen LogP contribution in [-0.4, -0.2) is 49.3 Å². The van der Waals surface area contributed by atoms with Crippen LogP contribution in [0.2, 0.25) is 0 Å². The van der Waals surface area contributed by atoms with Crippen LogP contribution in [0.1, 0.15) is 48.0 Å². The zero-order chi connectivity index (χ0) is 14.5. The molecule has 1 N–H and O–H groups in total. The van der Waals surface area contributed by atoms with Gasteiger partial charge in [-0.2, -0.15) is 0 Å². The van der Waals surface area contributed by atoms with Crippen LogP contribution >= 0.6 is 0 Å². The van der Waals surface area contributed by atoms with Crippen LogP contribution in [0.5, 0.6) is 0 Å². The molecule has 0 radical (unpaired) electrons. The maximum absolute atomic E-state index is 5.77. The van der Waals surface area contributed by atoms with E-state index in [0.717, 1.165) is 38.8 Å². The lowest BCUT2D eigenvalue weighted by atomic mass is 9.93. The van der Waals surface area contributed by atoms with Gasteiger partial charge in [0.1, 0.15) is 0 Å². The first-order chi connectivity index (χ1) is 8.83. The highest BCUT2D eigenvalue weighted by Crippen LogP contribution is 2.20. The molecule has 1 saturated heterocycles. The summed E-state index contributed by atoms with van der Waals surface area (Å²) in [5, 5.41) is 3.67. The number of rotatable bonds is 7. The lowest BCUT2D eigenvalue weighted by Crippen LogP contribution is -2.63. The highest BCUT2D eigenvalue weighted by molar-refractivity contribution is 4.93. The van der Waals surface area contributed by atoms with Gasteiger partial charge in [-0.25, -0.2) is 0 Å². The summed E-state index contributed by atoms with van der Waals surface area (Å²) < 4.78 is 5.77. The van der Waals surface area contributed by atoms with E-state index in [2.05, 4.69) is 51.8 Å². The van der Waals surface area contributed by atoms with Crippen molar-refractivity contribution in [2.75, 3.05) is 32.8 Å². The van der Waals surface area contributed by atoms with E-state index < -0.39 is 0 Å². The zero-order valence-electron chi connectivity index (χ0n) is 13.8. The van der Waals surface area contributed by atoms with Crippen LogP contribution in [0.3, 0.4) is 0 Å². The third-order valence-corrected chi connectivity index (χ3v) is 4.22.